The topological polar surface area (TPSA) is 77.4 Å². The summed E-state index contributed by atoms with van der Waals surface area (Å²) in [5, 5.41) is 21.3. The van der Waals surface area contributed by atoms with E-state index in [1.165, 1.54) is 0 Å². The summed E-state index contributed by atoms with van der Waals surface area (Å²) >= 11 is 0. The van der Waals surface area contributed by atoms with Crippen LogP contribution < -0.4 is 0 Å². The lowest BCUT2D eigenvalue weighted by molar-refractivity contribution is -0.288. The predicted octanol–water partition coefficient (Wildman–Crippen LogP) is 6.65. The quantitative estimate of drug-likeness (QED) is 0.249. The lowest BCUT2D eigenvalue weighted by Gasteiger charge is -2.39. The summed E-state index contributed by atoms with van der Waals surface area (Å²) < 4.78 is 111. The Kier molecular flexibility index (Phi) is 11.5. The van der Waals surface area contributed by atoms with Crippen LogP contribution in [0.25, 0.3) is 0 Å². The van der Waals surface area contributed by atoms with Crippen LogP contribution in [0, 0.1) is 0 Å². The highest BCUT2D eigenvalue weighted by Crippen LogP contribution is 2.57. The summed E-state index contributed by atoms with van der Waals surface area (Å²) in [4.78, 5) is 0. The molecule has 0 saturated heterocycles. The number of phenolic OH excluding ortho intramolecular Hbond substituents is 2. The van der Waals surface area contributed by atoms with E-state index >= 15 is 26.3 Å². The van der Waals surface area contributed by atoms with Crippen molar-refractivity contribution in [2.75, 3.05) is 26.4 Å². The van der Waals surface area contributed by atoms with Gasteiger partial charge in [0.15, 0.2) is 0 Å². The SMILES string of the molecule is CCOCc1cc(C(c2cc(COCC)c(O)c(COCC)c2)(C(F)(F)F)C(F)(F)F)cc(COCC)c1O. The van der Waals surface area contributed by atoms with Gasteiger partial charge < -0.3 is 29.2 Å². The number of alkyl halides is 6. The Labute approximate surface area is 223 Å². The van der Waals surface area contributed by atoms with E-state index in [2.05, 4.69) is 0 Å². The first-order valence-electron chi connectivity index (χ1n) is 12.4. The van der Waals surface area contributed by atoms with Crippen LogP contribution in [0.4, 0.5) is 26.3 Å². The van der Waals surface area contributed by atoms with Crippen LogP contribution in [0.15, 0.2) is 24.3 Å². The van der Waals surface area contributed by atoms with Gasteiger partial charge in [0.2, 0.25) is 5.41 Å². The van der Waals surface area contributed by atoms with Crippen LogP contribution in [-0.4, -0.2) is 49.0 Å². The first-order chi connectivity index (χ1) is 18.3. The molecule has 0 atom stereocenters. The van der Waals surface area contributed by atoms with Gasteiger partial charge in [-0.3, -0.25) is 0 Å². The summed E-state index contributed by atoms with van der Waals surface area (Å²) in [7, 11) is 0. The summed E-state index contributed by atoms with van der Waals surface area (Å²) in [6.07, 6.45) is -11.8. The second-order valence-electron chi connectivity index (χ2n) is 8.58. The van der Waals surface area contributed by atoms with Crippen LogP contribution in [0.5, 0.6) is 11.5 Å². The van der Waals surface area contributed by atoms with Crippen molar-refractivity contribution < 1.29 is 55.5 Å². The van der Waals surface area contributed by atoms with Crippen molar-refractivity contribution >= 4 is 0 Å². The largest absolute Gasteiger partial charge is 0.507 e. The van der Waals surface area contributed by atoms with Crippen LogP contribution in [0.3, 0.4) is 0 Å². The van der Waals surface area contributed by atoms with Crippen molar-refractivity contribution in [1.82, 2.24) is 0 Å². The molecule has 0 radical (unpaired) electrons. The van der Waals surface area contributed by atoms with Gasteiger partial charge in [-0.2, -0.15) is 26.3 Å². The van der Waals surface area contributed by atoms with Crippen LogP contribution >= 0.6 is 0 Å². The van der Waals surface area contributed by atoms with Crippen molar-refractivity contribution in [3.63, 3.8) is 0 Å². The van der Waals surface area contributed by atoms with Gasteiger partial charge in [-0.15, -0.1) is 0 Å². The van der Waals surface area contributed by atoms with E-state index in [-0.39, 0.29) is 48.7 Å². The van der Waals surface area contributed by atoms with Crippen LogP contribution in [0.2, 0.25) is 0 Å². The molecule has 0 aliphatic carbocycles. The van der Waals surface area contributed by atoms with Crippen molar-refractivity contribution in [2.45, 2.75) is 71.9 Å². The Balaban J connectivity index is 3.05. The molecule has 2 aromatic carbocycles. The maximum absolute atomic E-state index is 15.0. The van der Waals surface area contributed by atoms with Crippen LogP contribution in [0.1, 0.15) is 61.1 Å². The van der Waals surface area contributed by atoms with Crippen molar-refractivity contribution in [3.05, 3.63) is 57.6 Å². The van der Waals surface area contributed by atoms with Gasteiger partial charge in [0, 0.05) is 48.7 Å². The fraction of sp³-hybridized carbons (Fsp3) is 0.556. The maximum Gasteiger partial charge on any atom is 0.411 e. The first-order valence-corrected chi connectivity index (χ1v) is 12.4. The van der Waals surface area contributed by atoms with Gasteiger partial charge in [0.05, 0.1) is 26.4 Å². The molecular formula is C27H34F6O6. The molecule has 0 amide bonds. The number of ether oxygens (including phenoxy) is 4. The van der Waals surface area contributed by atoms with E-state index in [0.29, 0.717) is 24.3 Å². The van der Waals surface area contributed by atoms with Gasteiger partial charge in [0.25, 0.3) is 0 Å². The molecule has 0 heterocycles. The van der Waals surface area contributed by atoms with E-state index in [0.717, 1.165) is 0 Å². The second kappa shape index (κ2) is 13.7. The Morgan fingerprint density at radius 3 is 0.923 bits per heavy atom. The molecule has 220 valence electrons. The van der Waals surface area contributed by atoms with E-state index < -0.39 is 66.8 Å². The zero-order chi connectivity index (χ0) is 29.4. The number of hydrogen-bond donors (Lipinski definition) is 2. The third-order valence-corrected chi connectivity index (χ3v) is 6.10. The Morgan fingerprint density at radius 1 is 0.513 bits per heavy atom. The Morgan fingerprint density at radius 2 is 0.744 bits per heavy atom. The molecule has 39 heavy (non-hydrogen) atoms. The molecule has 2 aromatic rings. The molecule has 0 bridgehead atoms. The molecule has 0 spiro atoms. The van der Waals surface area contributed by atoms with Gasteiger partial charge in [0.1, 0.15) is 11.5 Å². The normalized spacial score (nSPS) is 12.8. The van der Waals surface area contributed by atoms with Crippen molar-refractivity contribution in [3.8, 4) is 11.5 Å². The van der Waals surface area contributed by atoms with Gasteiger partial charge in [-0.05, 0) is 63.1 Å². The predicted molar refractivity (Wildman–Crippen MR) is 130 cm³/mol. The highest BCUT2D eigenvalue weighted by Gasteiger charge is 2.72. The van der Waals surface area contributed by atoms with Gasteiger partial charge >= 0.3 is 12.4 Å². The fourth-order valence-corrected chi connectivity index (χ4v) is 4.22. The molecule has 12 heteroatoms. The highest BCUT2D eigenvalue weighted by molar-refractivity contribution is 5.55. The molecular weight excluding hydrogens is 534 g/mol. The van der Waals surface area contributed by atoms with Crippen LogP contribution in [-0.2, 0) is 50.8 Å². The average molecular weight is 569 g/mol. The van der Waals surface area contributed by atoms with E-state index in [9.17, 15) is 10.2 Å². The number of rotatable bonds is 14. The average Bonchev–Trinajstić information content (AvgIpc) is 2.85. The summed E-state index contributed by atoms with van der Waals surface area (Å²) in [5.74, 6) is -1.03. The fourth-order valence-electron chi connectivity index (χ4n) is 4.22. The lowest BCUT2D eigenvalue weighted by atomic mass is 9.71. The highest BCUT2D eigenvalue weighted by atomic mass is 19.4. The monoisotopic (exact) mass is 568 g/mol. The third-order valence-electron chi connectivity index (χ3n) is 6.10. The minimum absolute atomic E-state index is 0.105. The lowest BCUT2D eigenvalue weighted by Crippen LogP contribution is -2.55. The molecule has 0 unspecified atom stereocenters. The molecule has 0 aromatic heterocycles. The molecule has 0 aliphatic rings. The van der Waals surface area contributed by atoms with Gasteiger partial charge in [-0.1, -0.05) is 0 Å². The van der Waals surface area contributed by atoms with Crippen molar-refractivity contribution in [1.29, 1.82) is 0 Å². The second-order valence-corrected chi connectivity index (χ2v) is 8.58. The molecule has 0 saturated carbocycles. The van der Waals surface area contributed by atoms with E-state index in [4.69, 9.17) is 18.9 Å². The number of phenols is 2. The molecule has 0 aliphatic heterocycles. The van der Waals surface area contributed by atoms with E-state index in [1.54, 1.807) is 27.7 Å². The Hall–Kier alpha value is -2.54. The first kappa shape index (κ1) is 32.7. The third kappa shape index (κ3) is 6.97. The standard InChI is InChI=1S/C27H34F6O6/c1-5-36-13-17-9-21(10-18(23(17)34)14-37-6-2)25(26(28,29)30,27(31,32)33)22-11-19(15-38-7-3)24(35)20(12-22)16-39-8-4/h9-12,34-35H,5-8,13-16H2,1-4H3. The summed E-state index contributed by atoms with van der Waals surface area (Å²) in [6, 6.07) is 2.61. The minimum atomic E-state index is -5.91. The smallest absolute Gasteiger partial charge is 0.411 e. The molecule has 2 N–H and O–H groups in total. The Bertz CT molecular complexity index is 940. The zero-order valence-electron chi connectivity index (χ0n) is 22.3. The van der Waals surface area contributed by atoms with Gasteiger partial charge in [-0.25, -0.2) is 0 Å². The summed E-state index contributed by atoms with van der Waals surface area (Å²) in [6.45, 7) is 5.07. The molecule has 0 fully saturated rings. The zero-order valence-corrected chi connectivity index (χ0v) is 22.3. The molecule has 2 rings (SSSR count). The van der Waals surface area contributed by atoms with Crippen molar-refractivity contribution in [2.24, 2.45) is 0 Å². The number of benzene rings is 2. The number of halogens is 6. The summed E-state index contributed by atoms with van der Waals surface area (Å²) in [5.41, 5.74) is -7.95. The molecule has 6 nitrogen and oxygen atoms in total. The number of aromatic hydroxyl groups is 2. The van der Waals surface area contributed by atoms with E-state index in [1.807, 2.05) is 0 Å². The minimum Gasteiger partial charge on any atom is -0.507 e. The number of hydrogen-bond acceptors (Lipinski definition) is 6. The maximum atomic E-state index is 15.0.